The fourth-order valence-electron chi connectivity index (χ4n) is 1.47. The predicted molar refractivity (Wildman–Crippen MR) is 74.2 cm³/mol. The van der Waals surface area contributed by atoms with Crippen LogP contribution in [-0.4, -0.2) is 16.5 Å². The molecule has 0 saturated carbocycles. The third kappa shape index (κ3) is 3.70. The van der Waals surface area contributed by atoms with Crippen molar-refractivity contribution in [1.29, 1.82) is 0 Å². The largest absolute Gasteiger partial charge is 0.472 e. The molecule has 0 aliphatic rings. The van der Waals surface area contributed by atoms with Crippen LogP contribution in [0.2, 0.25) is 0 Å². The Labute approximate surface area is 111 Å². The highest BCUT2D eigenvalue weighted by Gasteiger charge is 2.03. The van der Waals surface area contributed by atoms with Crippen molar-refractivity contribution < 1.29 is 4.74 Å². The zero-order valence-electron chi connectivity index (χ0n) is 10.6. The minimum Gasteiger partial charge on any atom is -0.472 e. The van der Waals surface area contributed by atoms with Crippen molar-refractivity contribution in [1.82, 2.24) is 9.97 Å². The molecule has 0 unspecified atom stereocenters. The zero-order chi connectivity index (χ0) is 12.8. The van der Waals surface area contributed by atoms with Crippen LogP contribution in [0.3, 0.4) is 0 Å². The Morgan fingerprint density at radius 3 is 3.00 bits per heavy atom. The quantitative estimate of drug-likeness (QED) is 0.869. The van der Waals surface area contributed by atoms with Gasteiger partial charge in [-0.05, 0) is 24.8 Å². The van der Waals surface area contributed by atoms with Gasteiger partial charge in [-0.15, -0.1) is 11.3 Å². The summed E-state index contributed by atoms with van der Waals surface area (Å²) in [6.45, 7) is 5.48. The van der Waals surface area contributed by atoms with Crippen LogP contribution in [0.4, 0.5) is 5.95 Å². The molecule has 2 rings (SSSR count). The number of hydrogen-bond donors (Lipinski definition) is 1. The van der Waals surface area contributed by atoms with Gasteiger partial charge in [-0.25, -0.2) is 4.98 Å². The highest BCUT2D eigenvalue weighted by atomic mass is 32.1. The highest BCUT2D eigenvalue weighted by Crippen LogP contribution is 2.16. The van der Waals surface area contributed by atoms with Crippen molar-refractivity contribution in [2.24, 2.45) is 0 Å². The van der Waals surface area contributed by atoms with Crippen molar-refractivity contribution in [3.8, 4) is 5.88 Å². The summed E-state index contributed by atoms with van der Waals surface area (Å²) >= 11 is 1.68. The van der Waals surface area contributed by atoms with E-state index >= 15 is 0 Å². The number of nitrogens with one attached hydrogen (secondary N) is 1. The maximum atomic E-state index is 5.67. The van der Waals surface area contributed by atoms with Gasteiger partial charge in [0.15, 0.2) is 0 Å². The summed E-state index contributed by atoms with van der Waals surface area (Å²) in [5.74, 6) is 1.26. The lowest BCUT2D eigenvalue weighted by molar-refractivity contribution is 0.297. The SMILES string of the molecule is CCCNc1nc(C)cc(OCc2cccs2)n1. The number of ether oxygens (including phenoxy) is 1. The van der Waals surface area contributed by atoms with Gasteiger partial charge in [-0.2, -0.15) is 4.98 Å². The molecule has 4 nitrogen and oxygen atoms in total. The molecule has 2 aromatic rings. The third-order valence-corrected chi connectivity index (χ3v) is 3.16. The van der Waals surface area contributed by atoms with Gasteiger partial charge in [0, 0.05) is 23.2 Å². The smallest absolute Gasteiger partial charge is 0.226 e. The maximum Gasteiger partial charge on any atom is 0.226 e. The van der Waals surface area contributed by atoms with Crippen LogP contribution in [0.25, 0.3) is 0 Å². The first-order chi connectivity index (χ1) is 8.78. The molecule has 0 aliphatic heterocycles. The van der Waals surface area contributed by atoms with E-state index in [-0.39, 0.29) is 0 Å². The fourth-order valence-corrected chi connectivity index (χ4v) is 2.09. The number of aromatic nitrogens is 2. The molecular formula is C13H17N3OS. The van der Waals surface area contributed by atoms with E-state index in [4.69, 9.17) is 4.74 Å². The second-order valence-electron chi connectivity index (χ2n) is 3.97. The van der Waals surface area contributed by atoms with E-state index in [1.54, 1.807) is 11.3 Å². The first-order valence-corrected chi connectivity index (χ1v) is 6.90. The summed E-state index contributed by atoms with van der Waals surface area (Å²) in [5.41, 5.74) is 0.907. The molecule has 0 atom stereocenters. The van der Waals surface area contributed by atoms with Gasteiger partial charge in [0.05, 0.1) is 0 Å². The van der Waals surface area contributed by atoms with Gasteiger partial charge in [-0.3, -0.25) is 0 Å². The first-order valence-electron chi connectivity index (χ1n) is 6.02. The number of aryl methyl sites for hydroxylation is 1. The van der Waals surface area contributed by atoms with Gasteiger partial charge in [0.25, 0.3) is 0 Å². The molecule has 0 bridgehead atoms. The predicted octanol–water partition coefficient (Wildman–Crippen LogP) is 3.25. The van der Waals surface area contributed by atoms with E-state index in [0.29, 0.717) is 18.4 Å². The van der Waals surface area contributed by atoms with Crippen molar-refractivity contribution in [2.75, 3.05) is 11.9 Å². The Hall–Kier alpha value is -1.62. The standard InChI is InChI=1S/C13H17N3OS/c1-3-6-14-13-15-10(2)8-12(16-13)17-9-11-5-4-7-18-11/h4-5,7-8H,3,6,9H2,1-2H3,(H,14,15,16). The van der Waals surface area contributed by atoms with Crippen LogP contribution in [0.5, 0.6) is 5.88 Å². The minimum atomic E-state index is 0.557. The topological polar surface area (TPSA) is 47.0 Å². The van der Waals surface area contributed by atoms with Crippen molar-refractivity contribution in [3.05, 3.63) is 34.2 Å². The molecule has 0 aromatic carbocycles. The first kappa shape index (κ1) is 12.8. The minimum absolute atomic E-state index is 0.557. The summed E-state index contributed by atoms with van der Waals surface area (Å²) in [6.07, 6.45) is 1.04. The Bertz CT molecular complexity index is 485. The van der Waals surface area contributed by atoms with Crippen molar-refractivity contribution in [3.63, 3.8) is 0 Å². The van der Waals surface area contributed by atoms with Gasteiger partial charge in [-0.1, -0.05) is 13.0 Å². The number of thiophene rings is 1. The number of hydrogen-bond acceptors (Lipinski definition) is 5. The highest BCUT2D eigenvalue weighted by molar-refractivity contribution is 7.09. The fraction of sp³-hybridized carbons (Fsp3) is 0.385. The zero-order valence-corrected chi connectivity index (χ0v) is 11.5. The molecule has 2 aromatic heterocycles. The summed E-state index contributed by atoms with van der Waals surface area (Å²) in [4.78, 5) is 9.84. The molecule has 0 fully saturated rings. The average molecular weight is 263 g/mol. The molecule has 0 radical (unpaired) electrons. The van der Waals surface area contributed by atoms with E-state index in [9.17, 15) is 0 Å². The lowest BCUT2D eigenvalue weighted by atomic mass is 10.4. The molecule has 0 amide bonds. The average Bonchev–Trinajstić information content (AvgIpc) is 2.86. The normalized spacial score (nSPS) is 10.3. The summed E-state index contributed by atoms with van der Waals surface area (Å²) in [6, 6.07) is 5.92. The van der Waals surface area contributed by atoms with Crippen LogP contribution in [0.15, 0.2) is 23.6 Å². The molecule has 2 heterocycles. The van der Waals surface area contributed by atoms with Crippen LogP contribution >= 0.6 is 11.3 Å². The van der Waals surface area contributed by atoms with Gasteiger partial charge >= 0.3 is 0 Å². The Kier molecular flexibility index (Phi) is 4.52. The van der Waals surface area contributed by atoms with Crippen LogP contribution in [0.1, 0.15) is 23.9 Å². The van der Waals surface area contributed by atoms with E-state index in [1.165, 1.54) is 4.88 Å². The molecule has 18 heavy (non-hydrogen) atoms. The van der Waals surface area contributed by atoms with E-state index < -0.39 is 0 Å². The van der Waals surface area contributed by atoms with Crippen molar-refractivity contribution >= 4 is 17.3 Å². The number of anilines is 1. The molecule has 0 saturated heterocycles. The van der Waals surface area contributed by atoms with Crippen LogP contribution in [0, 0.1) is 6.92 Å². The second-order valence-corrected chi connectivity index (χ2v) is 5.00. The molecule has 0 aliphatic carbocycles. The number of nitrogens with zero attached hydrogens (tertiary/aromatic N) is 2. The third-order valence-electron chi connectivity index (χ3n) is 2.31. The van der Waals surface area contributed by atoms with Gasteiger partial charge in [0.2, 0.25) is 11.8 Å². The van der Waals surface area contributed by atoms with E-state index in [1.807, 2.05) is 24.4 Å². The maximum absolute atomic E-state index is 5.67. The summed E-state index contributed by atoms with van der Waals surface area (Å²) in [7, 11) is 0. The molecule has 5 heteroatoms. The Morgan fingerprint density at radius 2 is 2.28 bits per heavy atom. The van der Waals surface area contributed by atoms with Gasteiger partial charge < -0.3 is 10.1 Å². The second kappa shape index (κ2) is 6.35. The number of rotatable bonds is 6. The Morgan fingerprint density at radius 1 is 1.39 bits per heavy atom. The lowest BCUT2D eigenvalue weighted by Gasteiger charge is -2.08. The Balaban J connectivity index is 2.00. The molecular weight excluding hydrogens is 246 g/mol. The van der Waals surface area contributed by atoms with Crippen LogP contribution in [-0.2, 0) is 6.61 Å². The molecule has 0 spiro atoms. The van der Waals surface area contributed by atoms with Gasteiger partial charge in [0.1, 0.15) is 6.61 Å². The van der Waals surface area contributed by atoms with Crippen LogP contribution < -0.4 is 10.1 Å². The van der Waals surface area contributed by atoms with E-state index in [2.05, 4.69) is 28.3 Å². The lowest BCUT2D eigenvalue weighted by Crippen LogP contribution is -2.06. The molecule has 1 N–H and O–H groups in total. The summed E-state index contributed by atoms with van der Waals surface area (Å²) in [5, 5.41) is 5.21. The monoisotopic (exact) mass is 263 g/mol. The summed E-state index contributed by atoms with van der Waals surface area (Å²) < 4.78 is 5.67. The van der Waals surface area contributed by atoms with E-state index in [0.717, 1.165) is 18.7 Å². The van der Waals surface area contributed by atoms with Crippen molar-refractivity contribution in [2.45, 2.75) is 26.9 Å². The molecule has 96 valence electrons.